The van der Waals surface area contributed by atoms with Gasteiger partial charge in [-0.1, -0.05) is 18.5 Å². The van der Waals surface area contributed by atoms with Crippen molar-refractivity contribution in [3.05, 3.63) is 22.7 Å². The first-order chi connectivity index (χ1) is 9.62. The zero-order chi connectivity index (χ0) is 15.0. The van der Waals surface area contributed by atoms with E-state index in [1.54, 1.807) is 32.5 Å². The normalized spacial score (nSPS) is 10.4. The lowest BCUT2D eigenvalue weighted by molar-refractivity contribution is 0.294. The van der Waals surface area contributed by atoms with Crippen molar-refractivity contribution in [2.24, 2.45) is 5.10 Å². The molecule has 0 unspecified atom stereocenters. The third-order valence-electron chi connectivity index (χ3n) is 2.31. The number of nitrogens with one attached hydrogen (secondary N) is 2. The summed E-state index contributed by atoms with van der Waals surface area (Å²) in [6.07, 6.45) is 2.50. The smallest absolute Gasteiger partial charge is 0.186 e. The Morgan fingerprint density at radius 1 is 1.50 bits per heavy atom. The zero-order valence-corrected chi connectivity index (χ0v) is 13.3. The number of rotatable bonds is 6. The molecule has 0 radical (unpaired) electrons. The van der Waals surface area contributed by atoms with Crippen molar-refractivity contribution in [2.75, 3.05) is 20.8 Å². The molecule has 0 atom stereocenters. The van der Waals surface area contributed by atoms with Crippen molar-refractivity contribution in [1.82, 2.24) is 10.7 Å². The van der Waals surface area contributed by atoms with E-state index in [0.29, 0.717) is 28.2 Å². The van der Waals surface area contributed by atoms with Gasteiger partial charge in [0.15, 0.2) is 16.6 Å². The first-order valence-electron chi connectivity index (χ1n) is 6.13. The van der Waals surface area contributed by atoms with Crippen LogP contribution in [-0.4, -0.2) is 32.1 Å². The van der Waals surface area contributed by atoms with Crippen LogP contribution < -0.4 is 20.2 Å². The number of hydrogen-bond acceptors (Lipinski definition) is 4. The van der Waals surface area contributed by atoms with Crippen molar-refractivity contribution in [2.45, 2.75) is 13.3 Å². The van der Waals surface area contributed by atoms with E-state index in [1.807, 2.05) is 6.92 Å². The molecule has 0 spiro atoms. The van der Waals surface area contributed by atoms with E-state index in [-0.39, 0.29) is 0 Å². The Hall–Kier alpha value is -1.53. The Balaban J connectivity index is 2.89. The molecule has 0 fully saturated rings. The molecule has 20 heavy (non-hydrogen) atoms. The number of ether oxygens (including phenoxy) is 2. The van der Waals surface area contributed by atoms with Gasteiger partial charge < -0.3 is 14.8 Å². The van der Waals surface area contributed by atoms with Gasteiger partial charge in [-0.2, -0.15) is 5.10 Å². The van der Waals surface area contributed by atoms with E-state index in [2.05, 4.69) is 15.8 Å². The van der Waals surface area contributed by atoms with E-state index in [0.717, 1.165) is 12.0 Å². The van der Waals surface area contributed by atoms with Crippen LogP contribution in [0.5, 0.6) is 11.5 Å². The van der Waals surface area contributed by atoms with Crippen LogP contribution >= 0.6 is 23.8 Å². The molecule has 1 rings (SSSR count). The van der Waals surface area contributed by atoms with E-state index in [9.17, 15) is 0 Å². The standard InChI is InChI=1S/C13H18ClN3O2S/c1-4-5-19-12-10(14)6-9(7-11(12)18-3)8-16-17-13(20)15-2/h6-8H,4-5H2,1-3H3,(H2,15,17,20)/b16-8-. The Labute approximate surface area is 129 Å². The van der Waals surface area contributed by atoms with Crippen molar-refractivity contribution < 1.29 is 9.47 Å². The lowest BCUT2D eigenvalue weighted by Gasteiger charge is -2.12. The minimum Gasteiger partial charge on any atom is -0.493 e. The predicted molar refractivity (Wildman–Crippen MR) is 86.2 cm³/mol. The molecular formula is C13H18ClN3O2S. The minimum absolute atomic E-state index is 0.433. The van der Waals surface area contributed by atoms with Crippen molar-refractivity contribution in [1.29, 1.82) is 0 Å². The summed E-state index contributed by atoms with van der Waals surface area (Å²) in [6, 6.07) is 3.55. The van der Waals surface area contributed by atoms with Crippen molar-refractivity contribution >= 4 is 35.1 Å². The number of thiocarbonyl (C=S) groups is 1. The quantitative estimate of drug-likeness (QED) is 0.480. The monoisotopic (exact) mass is 315 g/mol. The molecule has 0 bridgehead atoms. The molecule has 0 aliphatic carbocycles. The molecule has 1 aromatic rings. The lowest BCUT2D eigenvalue weighted by Crippen LogP contribution is -2.28. The Kier molecular flexibility index (Phi) is 7.11. The highest BCUT2D eigenvalue weighted by molar-refractivity contribution is 7.80. The van der Waals surface area contributed by atoms with Gasteiger partial charge in [-0.15, -0.1) is 0 Å². The molecule has 5 nitrogen and oxygen atoms in total. The van der Waals surface area contributed by atoms with Gasteiger partial charge in [-0.25, -0.2) is 0 Å². The third kappa shape index (κ3) is 4.86. The molecule has 1 aromatic carbocycles. The second-order valence-electron chi connectivity index (χ2n) is 3.83. The molecule has 0 saturated heterocycles. The second-order valence-corrected chi connectivity index (χ2v) is 4.65. The lowest BCUT2D eigenvalue weighted by atomic mass is 10.2. The van der Waals surface area contributed by atoms with Gasteiger partial charge in [0, 0.05) is 7.05 Å². The number of hydrogen-bond donors (Lipinski definition) is 2. The molecule has 0 heterocycles. The Bertz CT molecular complexity index is 495. The van der Waals surface area contributed by atoms with Gasteiger partial charge in [0.1, 0.15) is 0 Å². The molecular weight excluding hydrogens is 298 g/mol. The van der Waals surface area contributed by atoms with Crippen LogP contribution in [0.3, 0.4) is 0 Å². The summed E-state index contributed by atoms with van der Waals surface area (Å²) in [6.45, 7) is 2.61. The summed E-state index contributed by atoms with van der Waals surface area (Å²) in [7, 11) is 3.28. The average Bonchev–Trinajstić information content (AvgIpc) is 2.45. The first-order valence-corrected chi connectivity index (χ1v) is 6.92. The average molecular weight is 316 g/mol. The number of nitrogens with zero attached hydrogens (tertiary/aromatic N) is 1. The highest BCUT2D eigenvalue weighted by Crippen LogP contribution is 2.36. The van der Waals surface area contributed by atoms with Gasteiger partial charge in [0.25, 0.3) is 0 Å². The molecule has 0 aliphatic rings. The van der Waals surface area contributed by atoms with E-state index < -0.39 is 0 Å². The summed E-state index contributed by atoms with van der Waals surface area (Å²) in [5, 5.41) is 7.65. The molecule has 7 heteroatoms. The summed E-state index contributed by atoms with van der Waals surface area (Å²) in [4.78, 5) is 0. The Morgan fingerprint density at radius 3 is 2.85 bits per heavy atom. The van der Waals surface area contributed by atoms with Crippen molar-refractivity contribution in [3.63, 3.8) is 0 Å². The number of benzene rings is 1. The number of halogens is 1. The van der Waals surface area contributed by atoms with Crippen molar-refractivity contribution in [3.8, 4) is 11.5 Å². The van der Waals surface area contributed by atoms with Crippen LogP contribution in [0, 0.1) is 0 Å². The van der Waals surface area contributed by atoms with Gasteiger partial charge in [-0.05, 0) is 36.3 Å². The van der Waals surface area contributed by atoms with Gasteiger partial charge in [-0.3, -0.25) is 5.43 Å². The summed E-state index contributed by atoms with van der Waals surface area (Å²) in [5.41, 5.74) is 3.44. The molecule has 0 saturated carbocycles. The van der Waals surface area contributed by atoms with Crippen LogP contribution in [0.25, 0.3) is 0 Å². The fourth-order valence-corrected chi connectivity index (χ4v) is 1.71. The fraction of sp³-hybridized carbons (Fsp3) is 0.385. The van der Waals surface area contributed by atoms with Crippen LogP contribution in [0.2, 0.25) is 5.02 Å². The maximum Gasteiger partial charge on any atom is 0.186 e. The molecule has 0 amide bonds. The second kappa shape index (κ2) is 8.60. The summed E-state index contributed by atoms with van der Waals surface area (Å²) < 4.78 is 10.9. The number of methoxy groups -OCH3 is 1. The van der Waals surface area contributed by atoms with Crippen LogP contribution in [-0.2, 0) is 0 Å². The van der Waals surface area contributed by atoms with Gasteiger partial charge >= 0.3 is 0 Å². The highest BCUT2D eigenvalue weighted by atomic mass is 35.5. The summed E-state index contributed by atoms with van der Waals surface area (Å²) in [5.74, 6) is 1.12. The highest BCUT2D eigenvalue weighted by Gasteiger charge is 2.11. The van der Waals surface area contributed by atoms with E-state index >= 15 is 0 Å². The zero-order valence-electron chi connectivity index (χ0n) is 11.7. The largest absolute Gasteiger partial charge is 0.493 e. The topological polar surface area (TPSA) is 54.9 Å². The fourth-order valence-electron chi connectivity index (χ4n) is 1.38. The maximum atomic E-state index is 6.19. The summed E-state index contributed by atoms with van der Waals surface area (Å²) >= 11 is 11.1. The van der Waals surface area contributed by atoms with Crippen LogP contribution in [0.1, 0.15) is 18.9 Å². The molecule has 0 aliphatic heterocycles. The third-order valence-corrected chi connectivity index (χ3v) is 2.89. The van der Waals surface area contributed by atoms with E-state index in [4.69, 9.17) is 33.3 Å². The molecule has 0 aromatic heterocycles. The van der Waals surface area contributed by atoms with Gasteiger partial charge in [0.2, 0.25) is 0 Å². The SMILES string of the molecule is CCCOc1c(Cl)cc(/C=N\NC(=S)NC)cc1OC. The number of hydrazone groups is 1. The minimum atomic E-state index is 0.433. The first kappa shape index (κ1) is 16.5. The van der Waals surface area contributed by atoms with Gasteiger partial charge in [0.05, 0.1) is 25.0 Å². The van der Waals surface area contributed by atoms with Crippen LogP contribution in [0.4, 0.5) is 0 Å². The predicted octanol–water partition coefficient (Wildman–Crippen LogP) is 2.57. The molecule has 110 valence electrons. The maximum absolute atomic E-state index is 6.19. The Morgan fingerprint density at radius 2 is 2.25 bits per heavy atom. The van der Waals surface area contributed by atoms with E-state index in [1.165, 1.54) is 0 Å². The molecule has 2 N–H and O–H groups in total. The van der Waals surface area contributed by atoms with Crippen LogP contribution in [0.15, 0.2) is 17.2 Å².